The molecule has 0 aliphatic heterocycles. The molecule has 0 bridgehead atoms. The highest BCUT2D eigenvalue weighted by Crippen LogP contribution is 2.15. The predicted octanol–water partition coefficient (Wildman–Crippen LogP) is 2.38. The summed E-state index contributed by atoms with van der Waals surface area (Å²) in [4.78, 5) is 0. The van der Waals surface area contributed by atoms with E-state index in [0.29, 0.717) is 6.26 Å². The van der Waals surface area contributed by atoms with Crippen LogP contribution >= 0.6 is 0 Å². The van der Waals surface area contributed by atoms with Crippen LogP contribution in [0.4, 0.5) is 0 Å². The van der Waals surface area contributed by atoms with Crippen molar-refractivity contribution in [3.63, 3.8) is 0 Å². The fourth-order valence-corrected chi connectivity index (χ4v) is 1.29. The van der Waals surface area contributed by atoms with Gasteiger partial charge in [-0.25, -0.2) is 0 Å². The zero-order valence-corrected chi connectivity index (χ0v) is 11.2. The van der Waals surface area contributed by atoms with E-state index in [1.54, 1.807) is 0 Å². The van der Waals surface area contributed by atoms with Crippen molar-refractivity contribution in [1.82, 2.24) is 0 Å². The van der Waals surface area contributed by atoms with Crippen LogP contribution in [0.1, 0.15) is 37.8 Å². The summed E-state index contributed by atoms with van der Waals surface area (Å²) in [5.74, 6) is 0. The van der Waals surface area contributed by atoms with E-state index in [1.807, 2.05) is 18.2 Å². The third-order valence-electron chi connectivity index (χ3n) is 2.10. The van der Waals surface area contributed by atoms with Crippen molar-refractivity contribution in [1.29, 1.82) is 0 Å². The largest absolute Gasteiger partial charge is 0.324 e. The van der Waals surface area contributed by atoms with Crippen LogP contribution in [-0.4, -0.2) is 19.2 Å². The van der Waals surface area contributed by atoms with E-state index >= 15 is 0 Å². The Morgan fingerprint density at radius 1 is 1.29 bits per heavy atom. The van der Waals surface area contributed by atoms with Crippen LogP contribution in [-0.2, 0) is 10.1 Å². The van der Waals surface area contributed by atoms with Crippen LogP contribution < -0.4 is 5.73 Å². The van der Waals surface area contributed by atoms with E-state index in [9.17, 15) is 8.42 Å². The lowest BCUT2D eigenvalue weighted by Gasteiger charge is -2.10. The van der Waals surface area contributed by atoms with E-state index in [4.69, 9.17) is 10.3 Å². The number of hydrogen-bond acceptors (Lipinski definition) is 3. The summed E-state index contributed by atoms with van der Waals surface area (Å²) in [6.45, 7) is 2.19. The van der Waals surface area contributed by atoms with Gasteiger partial charge in [0.1, 0.15) is 0 Å². The maximum atomic E-state index is 9.19. The quantitative estimate of drug-likeness (QED) is 0.813. The summed E-state index contributed by atoms with van der Waals surface area (Å²) < 4.78 is 25.9. The molecule has 1 aromatic rings. The lowest BCUT2D eigenvalue weighted by atomic mass is 10.0. The average molecular weight is 259 g/mol. The van der Waals surface area contributed by atoms with Gasteiger partial charge in [0.05, 0.1) is 6.26 Å². The molecule has 0 saturated carbocycles. The Morgan fingerprint density at radius 3 is 2.18 bits per heavy atom. The first-order valence-electron chi connectivity index (χ1n) is 5.57. The second-order valence-corrected chi connectivity index (χ2v) is 5.36. The molecule has 1 unspecified atom stereocenters. The Kier molecular flexibility index (Phi) is 7.78. The number of benzene rings is 1. The molecule has 4 nitrogen and oxygen atoms in total. The zero-order chi connectivity index (χ0) is 13.3. The maximum absolute atomic E-state index is 9.19. The minimum Gasteiger partial charge on any atom is -0.324 e. The maximum Gasteiger partial charge on any atom is 0.261 e. The molecule has 0 heterocycles. The monoisotopic (exact) mass is 259 g/mol. The van der Waals surface area contributed by atoms with Gasteiger partial charge in [-0.3, -0.25) is 4.55 Å². The van der Waals surface area contributed by atoms with Gasteiger partial charge >= 0.3 is 0 Å². The topological polar surface area (TPSA) is 80.4 Å². The van der Waals surface area contributed by atoms with Crippen molar-refractivity contribution in [2.24, 2.45) is 5.73 Å². The molecule has 0 spiro atoms. The molecule has 17 heavy (non-hydrogen) atoms. The van der Waals surface area contributed by atoms with Crippen LogP contribution in [0.25, 0.3) is 0 Å². The van der Waals surface area contributed by atoms with Crippen LogP contribution in [0.3, 0.4) is 0 Å². The van der Waals surface area contributed by atoms with E-state index in [0.717, 1.165) is 6.42 Å². The van der Waals surface area contributed by atoms with Crippen LogP contribution in [0.2, 0.25) is 0 Å². The van der Waals surface area contributed by atoms with E-state index in [1.165, 1.54) is 18.4 Å². The van der Waals surface area contributed by atoms with Gasteiger partial charge in [0.25, 0.3) is 10.1 Å². The zero-order valence-electron chi connectivity index (χ0n) is 10.3. The van der Waals surface area contributed by atoms with Gasteiger partial charge in [-0.05, 0) is 12.0 Å². The third-order valence-corrected chi connectivity index (χ3v) is 2.10. The van der Waals surface area contributed by atoms with Gasteiger partial charge < -0.3 is 5.73 Å². The lowest BCUT2D eigenvalue weighted by molar-refractivity contribution is 0.490. The van der Waals surface area contributed by atoms with Gasteiger partial charge in [-0.2, -0.15) is 8.42 Å². The fraction of sp³-hybridized carbons (Fsp3) is 0.500. The Balaban J connectivity index is 0.000000437. The molecule has 1 aromatic carbocycles. The summed E-state index contributed by atoms with van der Waals surface area (Å²) in [6.07, 6.45) is 4.25. The van der Waals surface area contributed by atoms with Gasteiger partial charge in [0, 0.05) is 6.04 Å². The Bertz CT molecular complexity index is 381. The van der Waals surface area contributed by atoms with Gasteiger partial charge in [-0.15, -0.1) is 0 Å². The lowest BCUT2D eigenvalue weighted by Crippen LogP contribution is -2.09. The molecular weight excluding hydrogens is 238 g/mol. The summed E-state index contributed by atoms with van der Waals surface area (Å²) in [7, 11) is -3.67. The standard InChI is InChI=1S/C11H17N.CH4O3S/c1-2-3-9-11(12)10-7-5-4-6-8-10;1-5(2,3)4/h4-8,11H,2-3,9,12H2,1H3;1H3,(H,2,3,4). The highest BCUT2D eigenvalue weighted by molar-refractivity contribution is 7.85. The summed E-state index contributed by atoms with van der Waals surface area (Å²) >= 11 is 0. The molecule has 0 aliphatic carbocycles. The van der Waals surface area contributed by atoms with Gasteiger partial charge in [0.2, 0.25) is 0 Å². The summed E-state index contributed by atoms with van der Waals surface area (Å²) in [6, 6.07) is 10.5. The molecule has 0 fully saturated rings. The first-order chi connectivity index (χ1) is 7.84. The normalized spacial score (nSPS) is 12.5. The Labute approximate surface area is 104 Å². The number of rotatable bonds is 4. The smallest absolute Gasteiger partial charge is 0.261 e. The molecule has 0 amide bonds. The van der Waals surface area contributed by atoms with Crippen LogP contribution in [0.15, 0.2) is 30.3 Å². The van der Waals surface area contributed by atoms with Crippen LogP contribution in [0, 0.1) is 0 Å². The van der Waals surface area contributed by atoms with Crippen molar-refractivity contribution in [2.45, 2.75) is 32.2 Å². The van der Waals surface area contributed by atoms with E-state index < -0.39 is 10.1 Å². The molecule has 5 heteroatoms. The average Bonchev–Trinajstić information content (AvgIpc) is 2.25. The SMILES string of the molecule is CCCCC(N)c1ccccc1.CS(=O)(=O)O. The summed E-state index contributed by atoms with van der Waals surface area (Å²) in [5.41, 5.74) is 7.24. The molecule has 1 rings (SSSR count). The van der Waals surface area contributed by atoms with Crippen molar-refractivity contribution < 1.29 is 13.0 Å². The molecule has 3 N–H and O–H groups in total. The molecule has 1 atom stereocenters. The second kappa shape index (κ2) is 8.22. The highest BCUT2D eigenvalue weighted by atomic mass is 32.2. The molecule has 98 valence electrons. The summed E-state index contributed by atoms with van der Waals surface area (Å²) in [5, 5.41) is 0. The van der Waals surface area contributed by atoms with Crippen molar-refractivity contribution in [2.75, 3.05) is 6.26 Å². The Morgan fingerprint density at radius 2 is 1.76 bits per heavy atom. The fourth-order valence-electron chi connectivity index (χ4n) is 1.29. The predicted molar refractivity (Wildman–Crippen MR) is 70.4 cm³/mol. The number of unbranched alkanes of at least 4 members (excludes halogenated alkanes) is 1. The first-order valence-corrected chi connectivity index (χ1v) is 7.42. The van der Waals surface area contributed by atoms with Crippen molar-refractivity contribution in [3.05, 3.63) is 35.9 Å². The number of hydrogen-bond donors (Lipinski definition) is 2. The molecule has 0 saturated heterocycles. The molecule has 0 aromatic heterocycles. The number of nitrogens with two attached hydrogens (primary N) is 1. The molecular formula is C12H21NO3S. The Hall–Kier alpha value is -0.910. The van der Waals surface area contributed by atoms with Crippen LogP contribution in [0.5, 0.6) is 0 Å². The highest BCUT2D eigenvalue weighted by Gasteiger charge is 2.02. The van der Waals surface area contributed by atoms with E-state index in [2.05, 4.69) is 19.1 Å². The minimum absolute atomic E-state index is 0.228. The van der Waals surface area contributed by atoms with Gasteiger partial charge in [0.15, 0.2) is 0 Å². The minimum atomic E-state index is -3.67. The molecule has 0 aliphatic rings. The van der Waals surface area contributed by atoms with Crippen molar-refractivity contribution in [3.8, 4) is 0 Å². The van der Waals surface area contributed by atoms with E-state index in [-0.39, 0.29) is 6.04 Å². The van der Waals surface area contributed by atoms with Gasteiger partial charge in [-0.1, -0.05) is 50.1 Å². The third kappa shape index (κ3) is 11.4. The molecule has 0 radical (unpaired) electrons. The van der Waals surface area contributed by atoms with Crippen molar-refractivity contribution >= 4 is 10.1 Å². The first kappa shape index (κ1) is 16.1. The second-order valence-electron chi connectivity index (χ2n) is 3.89.